The van der Waals surface area contributed by atoms with Crippen LogP contribution in [0.1, 0.15) is 0 Å². The van der Waals surface area contributed by atoms with Crippen molar-refractivity contribution in [3.63, 3.8) is 0 Å². The maximum atomic E-state index is 14.0. The van der Waals surface area contributed by atoms with E-state index in [1.54, 1.807) is 0 Å². The molecule has 6 heteroatoms. The number of anilines is 1. The molecule has 0 atom stereocenters. The first-order chi connectivity index (χ1) is 10.1. The summed E-state index contributed by atoms with van der Waals surface area (Å²) in [6.07, 6.45) is 0. The minimum atomic E-state index is -0.711. The highest BCUT2D eigenvalue weighted by molar-refractivity contribution is 14.1. The van der Waals surface area contributed by atoms with Crippen LogP contribution in [-0.2, 0) is 0 Å². The highest BCUT2D eigenvalue weighted by Crippen LogP contribution is 2.39. The molecular weight excluding hydrogens is 389 g/mol. The van der Waals surface area contributed by atoms with Crippen LogP contribution < -0.4 is 5.73 Å². The number of aromatic nitrogens is 1. The molecule has 0 saturated heterocycles. The number of hydrogen-bond acceptors (Lipinski definition) is 3. The first kappa shape index (κ1) is 14.0. The Morgan fingerprint density at radius 3 is 2.52 bits per heavy atom. The number of benzene rings is 2. The topological polar surface area (TPSA) is 52.0 Å². The summed E-state index contributed by atoms with van der Waals surface area (Å²) in [6.45, 7) is 0. The molecule has 0 saturated carbocycles. The summed E-state index contributed by atoms with van der Waals surface area (Å²) < 4.78 is 33.3. The molecule has 0 fully saturated rings. The predicted molar refractivity (Wildman–Crippen MR) is 84.4 cm³/mol. The zero-order chi connectivity index (χ0) is 15.0. The van der Waals surface area contributed by atoms with Crippen LogP contribution in [0.5, 0.6) is 0 Å². The summed E-state index contributed by atoms with van der Waals surface area (Å²) in [5.41, 5.74) is 7.04. The van der Waals surface area contributed by atoms with Crippen LogP contribution in [0.4, 0.5) is 14.6 Å². The Hall–Kier alpha value is -1.96. The van der Waals surface area contributed by atoms with Crippen LogP contribution >= 0.6 is 22.6 Å². The lowest BCUT2D eigenvalue weighted by molar-refractivity contribution is 0.436. The van der Waals surface area contributed by atoms with Crippen LogP contribution in [0.25, 0.3) is 22.5 Å². The molecule has 0 aliphatic heterocycles. The number of nitrogens with two attached hydrogens (primary N) is 1. The third kappa shape index (κ3) is 2.51. The summed E-state index contributed by atoms with van der Waals surface area (Å²) in [5, 5.41) is 3.71. The molecule has 3 rings (SSSR count). The van der Waals surface area contributed by atoms with Gasteiger partial charge in [0, 0.05) is 20.8 Å². The van der Waals surface area contributed by atoms with Crippen molar-refractivity contribution < 1.29 is 13.3 Å². The third-order valence-corrected chi connectivity index (χ3v) is 3.98. The number of nitrogens with zero attached hydrogens (tertiary/aromatic N) is 1. The van der Waals surface area contributed by atoms with Gasteiger partial charge in [-0.05, 0) is 40.8 Å². The Morgan fingerprint density at radius 1 is 1.05 bits per heavy atom. The number of nitrogen functional groups attached to an aromatic ring is 1. The van der Waals surface area contributed by atoms with Gasteiger partial charge in [0.1, 0.15) is 11.6 Å². The van der Waals surface area contributed by atoms with Gasteiger partial charge in [-0.2, -0.15) is 0 Å². The van der Waals surface area contributed by atoms with Gasteiger partial charge in [0.05, 0.1) is 5.56 Å². The molecule has 3 aromatic rings. The van der Waals surface area contributed by atoms with Crippen LogP contribution in [0, 0.1) is 15.2 Å². The van der Waals surface area contributed by atoms with Crippen LogP contribution in [0.3, 0.4) is 0 Å². The van der Waals surface area contributed by atoms with Gasteiger partial charge in [0.25, 0.3) is 0 Å². The second kappa shape index (κ2) is 5.44. The lowest BCUT2D eigenvalue weighted by Gasteiger charge is -2.06. The summed E-state index contributed by atoms with van der Waals surface area (Å²) in [6, 6.07) is 10.7. The smallest absolute Gasteiger partial charge is 0.178 e. The van der Waals surface area contributed by atoms with Gasteiger partial charge in [-0.3, -0.25) is 0 Å². The molecule has 0 unspecified atom stereocenters. The van der Waals surface area contributed by atoms with Gasteiger partial charge < -0.3 is 10.3 Å². The fraction of sp³-hybridized carbons (Fsp3) is 0. The van der Waals surface area contributed by atoms with Crippen molar-refractivity contribution in [2.24, 2.45) is 0 Å². The van der Waals surface area contributed by atoms with E-state index in [0.29, 0.717) is 11.3 Å². The van der Waals surface area contributed by atoms with Gasteiger partial charge in [-0.1, -0.05) is 23.4 Å². The Balaban J connectivity index is 2.25. The standard InChI is InChI=1S/C15H9F2IN2O/c16-8-5-6-9(11(17)7-8)13-14(21-20-15(13)19)10-3-1-2-4-12(10)18/h1-7H,(H2,19,20). The molecule has 0 spiro atoms. The monoisotopic (exact) mass is 398 g/mol. The highest BCUT2D eigenvalue weighted by Gasteiger charge is 2.21. The van der Waals surface area contributed by atoms with E-state index in [2.05, 4.69) is 27.7 Å². The molecule has 1 aromatic heterocycles. The molecule has 3 nitrogen and oxygen atoms in total. The van der Waals surface area contributed by atoms with E-state index in [-0.39, 0.29) is 11.4 Å². The van der Waals surface area contributed by atoms with Crippen LogP contribution in [0.2, 0.25) is 0 Å². The number of halogens is 3. The van der Waals surface area contributed by atoms with Crippen LogP contribution in [-0.4, -0.2) is 5.16 Å². The van der Waals surface area contributed by atoms with Gasteiger partial charge in [0.15, 0.2) is 11.6 Å². The predicted octanol–water partition coefficient (Wildman–Crippen LogP) is 4.47. The normalized spacial score (nSPS) is 10.8. The van der Waals surface area contributed by atoms with E-state index < -0.39 is 11.6 Å². The molecule has 0 amide bonds. The van der Waals surface area contributed by atoms with Crippen molar-refractivity contribution >= 4 is 28.4 Å². The molecule has 0 bridgehead atoms. The van der Waals surface area contributed by atoms with E-state index in [1.807, 2.05) is 24.3 Å². The summed E-state index contributed by atoms with van der Waals surface area (Å²) in [5.74, 6) is -0.933. The first-order valence-electron chi connectivity index (χ1n) is 6.03. The summed E-state index contributed by atoms with van der Waals surface area (Å²) in [4.78, 5) is 0. The van der Waals surface area contributed by atoms with Gasteiger partial charge in [0.2, 0.25) is 0 Å². The maximum Gasteiger partial charge on any atom is 0.178 e. The van der Waals surface area contributed by atoms with E-state index in [4.69, 9.17) is 10.3 Å². The molecular formula is C15H9F2IN2O. The quantitative estimate of drug-likeness (QED) is 0.648. The fourth-order valence-electron chi connectivity index (χ4n) is 2.08. The van der Waals surface area contributed by atoms with Crippen molar-refractivity contribution in [2.75, 3.05) is 5.73 Å². The molecule has 0 radical (unpaired) electrons. The third-order valence-electron chi connectivity index (χ3n) is 3.04. The zero-order valence-electron chi connectivity index (χ0n) is 10.6. The molecule has 2 N–H and O–H groups in total. The molecule has 21 heavy (non-hydrogen) atoms. The molecule has 0 aliphatic rings. The lowest BCUT2D eigenvalue weighted by atomic mass is 10.0. The second-order valence-corrected chi connectivity index (χ2v) is 5.54. The van der Waals surface area contributed by atoms with Gasteiger partial charge in [-0.15, -0.1) is 0 Å². The van der Waals surface area contributed by atoms with Crippen molar-refractivity contribution in [3.8, 4) is 22.5 Å². The molecule has 1 heterocycles. The van der Waals surface area contributed by atoms with Crippen molar-refractivity contribution in [1.82, 2.24) is 5.16 Å². The highest BCUT2D eigenvalue weighted by atomic mass is 127. The van der Waals surface area contributed by atoms with E-state index in [0.717, 1.165) is 15.2 Å². The van der Waals surface area contributed by atoms with E-state index in [1.165, 1.54) is 12.1 Å². The lowest BCUT2D eigenvalue weighted by Crippen LogP contribution is -1.93. The van der Waals surface area contributed by atoms with E-state index >= 15 is 0 Å². The number of rotatable bonds is 2. The summed E-state index contributed by atoms with van der Waals surface area (Å²) >= 11 is 2.14. The van der Waals surface area contributed by atoms with Gasteiger partial charge in [-0.25, -0.2) is 8.78 Å². The van der Waals surface area contributed by atoms with Gasteiger partial charge >= 0.3 is 0 Å². The number of hydrogen-bond donors (Lipinski definition) is 1. The van der Waals surface area contributed by atoms with Crippen molar-refractivity contribution in [3.05, 3.63) is 57.7 Å². The second-order valence-electron chi connectivity index (χ2n) is 4.38. The average molecular weight is 398 g/mol. The SMILES string of the molecule is Nc1noc(-c2ccccc2I)c1-c1ccc(F)cc1F. The largest absolute Gasteiger partial charge is 0.380 e. The summed E-state index contributed by atoms with van der Waals surface area (Å²) in [7, 11) is 0. The maximum absolute atomic E-state index is 14.0. The van der Waals surface area contributed by atoms with Crippen molar-refractivity contribution in [2.45, 2.75) is 0 Å². The molecule has 2 aromatic carbocycles. The fourth-order valence-corrected chi connectivity index (χ4v) is 2.72. The minimum Gasteiger partial charge on any atom is -0.380 e. The van der Waals surface area contributed by atoms with Crippen LogP contribution in [0.15, 0.2) is 47.0 Å². The Kier molecular flexibility index (Phi) is 3.62. The van der Waals surface area contributed by atoms with Crippen molar-refractivity contribution in [1.29, 1.82) is 0 Å². The Labute approximate surface area is 132 Å². The zero-order valence-corrected chi connectivity index (χ0v) is 12.8. The average Bonchev–Trinajstić information content (AvgIpc) is 2.81. The Bertz CT molecular complexity index is 817. The molecule has 0 aliphatic carbocycles. The Morgan fingerprint density at radius 2 is 1.81 bits per heavy atom. The molecule has 106 valence electrons. The minimum absolute atomic E-state index is 0.0650. The first-order valence-corrected chi connectivity index (χ1v) is 7.11. The van der Waals surface area contributed by atoms with E-state index in [9.17, 15) is 8.78 Å².